The Labute approximate surface area is 170 Å². The Balaban J connectivity index is 1.43. The molecule has 2 aromatic carbocycles. The van der Waals surface area contributed by atoms with E-state index in [9.17, 15) is 14.4 Å². The summed E-state index contributed by atoms with van der Waals surface area (Å²) in [6.45, 7) is 4.02. The van der Waals surface area contributed by atoms with Gasteiger partial charge in [-0.2, -0.15) is 0 Å². The summed E-state index contributed by atoms with van der Waals surface area (Å²) >= 11 is 0. The van der Waals surface area contributed by atoms with Crippen LogP contribution >= 0.6 is 0 Å². The van der Waals surface area contributed by atoms with Crippen molar-refractivity contribution in [1.29, 1.82) is 0 Å². The fraction of sp³-hybridized carbons (Fsp3) is 0.318. The first-order valence-corrected chi connectivity index (χ1v) is 9.74. The largest absolute Gasteiger partial charge is 0.360 e. The van der Waals surface area contributed by atoms with E-state index in [0.29, 0.717) is 25.2 Å². The van der Waals surface area contributed by atoms with Gasteiger partial charge in [0, 0.05) is 43.3 Å². The number of benzene rings is 2. The van der Waals surface area contributed by atoms with E-state index in [1.807, 2.05) is 42.2 Å². The predicted molar refractivity (Wildman–Crippen MR) is 111 cm³/mol. The van der Waals surface area contributed by atoms with Crippen molar-refractivity contribution >= 4 is 23.4 Å². The van der Waals surface area contributed by atoms with E-state index in [4.69, 9.17) is 0 Å². The number of carbonyl (C=O) groups is 3. The SMILES string of the molecule is CC(CC(=O)NCc1ccc(N2CCNC(=O)C2)cc1)NC(=O)c1ccccc1. The van der Waals surface area contributed by atoms with Crippen LogP contribution in [0.4, 0.5) is 5.69 Å². The third-order valence-corrected chi connectivity index (χ3v) is 4.73. The number of rotatable bonds is 7. The minimum absolute atomic E-state index is 0.0288. The van der Waals surface area contributed by atoms with Gasteiger partial charge < -0.3 is 20.9 Å². The van der Waals surface area contributed by atoms with Gasteiger partial charge in [0.15, 0.2) is 0 Å². The van der Waals surface area contributed by atoms with Crippen LogP contribution in [-0.2, 0) is 16.1 Å². The van der Waals surface area contributed by atoms with Gasteiger partial charge in [-0.15, -0.1) is 0 Å². The van der Waals surface area contributed by atoms with Gasteiger partial charge in [-0.05, 0) is 36.8 Å². The molecule has 1 aliphatic rings. The molecule has 0 bridgehead atoms. The summed E-state index contributed by atoms with van der Waals surface area (Å²) in [7, 11) is 0. The van der Waals surface area contributed by atoms with Crippen molar-refractivity contribution in [1.82, 2.24) is 16.0 Å². The van der Waals surface area contributed by atoms with Crippen molar-refractivity contribution < 1.29 is 14.4 Å². The number of nitrogens with zero attached hydrogens (tertiary/aromatic N) is 1. The standard InChI is InChI=1S/C22H26N4O3/c1-16(25-22(29)18-5-3-2-4-6-18)13-20(27)24-14-17-7-9-19(10-8-17)26-12-11-23-21(28)15-26/h2-10,16H,11-15H2,1H3,(H,23,28)(H,24,27)(H,25,29). The molecule has 3 N–H and O–H groups in total. The summed E-state index contributed by atoms with van der Waals surface area (Å²) in [5.74, 6) is -0.281. The van der Waals surface area contributed by atoms with Crippen LogP contribution in [0.1, 0.15) is 29.3 Å². The minimum atomic E-state index is -0.268. The highest BCUT2D eigenvalue weighted by atomic mass is 16.2. The van der Waals surface area contributed by atoms with Crippen molar-refractivity contribution in [2.24, 2.45) is 0 Å². The lowest BCUT2D eigenvalue weighted by Gasteiger charge is -2.28. The summed E-state index contributed by atoms with van der Waals surface area (Å²) in [5.41, 5.74) is 2.54. The van der Waals surface area contributed by atoms with E-state index in [-0.39, 0.29) is 30.2 Å². The highest BCUT2D eigenvalue weighted by Crippen LogP contribution is 2.16. The van der Waals surface area contributed by atoms with Gasteiger partial charge in [0.1, 0.15) is 0 Å². The van der Waals surface area contributed by atoms with E-state index in [0.717, 1.165) is 17.8 Å². The van der Waals surface area contributed by atoms with Gasteiger partial charge in [0.2, 0.25) is 11.8 Å². The Morgan fingerprint density at radius 1 is 1.10 bits per heavy atom. The monoisotopic (exact) mass is 394 g/mol. The summed E-state index contributed by atoms with van der Waals surface area (Å²) < 4.78 is 0. The molecule has 1 unspecified atom stereocenters. The van der Waals surface area contributed by atoms with Crippen LogP contribution in [0.2, 0.25) is 0 Å². The first-order chi connectivity index (χ1) is 14.0. The molecule has 1 saturated heterocycles. The van der Waals surface area contributed by atoms with Crippen LogP contribution in [0.25, 0.3) is 0 Å². The van der Waals surface area contributed by atoms with Crippen LogP contribution in [0.3, 0.4) is 0 Å². The Morgan fingerprint density at radius 3 is 2.52 bits per heavy atom. The first kappa shape index (κ1) is 20.4. The topological polar surface area (TPSA) is 90.5 Å². The molecule has 0 aromatic heterocycles. The number of amides is 3. The number of hydrogen-bond acceptors (Lipinski definition) is 4. The average molecular weight is 394 g/mol. The highest BCUT2D eigenvalue weighted by Gasteiger charge is 2.16. The predicted octanol–water partition coefficient (Wildman–Crippen LogP) is 1.45. The summed E-state index contributed by atoms with van der Waals surface area (Å²) in [4.78, 5) is 37.8. The number of anilines is 1. The van der Waals surface area contributed by atoms with E-state index in [1.54, 1.807) is 24.3 Å². The lowest BCUT2D eigenvalue weighted by Crippen LogP contribution is -2.47. The minimum Gasteiger partial charge on any atom is -0.360 e. The van der Waals surface area contributed by atoms with Gasteiger partial charge >= 0.3 is 0 Å². The number of carbonyl (C=O) groups excluding carboxylic acids is 3. The van der Waals surface area contributed by atoms with Gasteiger partial charge in [0.25, 0.3) is 5.91 Å². The lowest BCUT2D eigenvalue weighted by atomic mass is 10.1. The van der Waals surface area contributed by atoms with Crippen LogP contribution in [0.15, 0.2) is 54.6 Å². The molecule has 152 valence electrons. The second-order valence-corrected chi connectivity index (χ2v) is 7.16. The van der Waals surface area contributed by atoms with Gasteiger partial charge in [-0.25, -0.2) is 0 Å². The zero-order chi connectivity index (χ0) is 20.6. The molecular weight excluding hydrogens is 368 g/mol. The zero-order valence-corrected chi connectivity index (χ0v) is 16.5. The molecule has 3 amide bonds. The fourth-order valence-corrected chi connectivity index (χ4v) is 3.18. The van der Waals surface area contributed by atoms with Crippen LogP contribution in [-0.4, -0.2) is 43.4 Å². The van der Waals surface area contributed by atoms with Gasteiger partial charge in [-0.1, -0.05) is 30.3 Å². The van der Waals surface area contributed by atoms with Crippen LogP contribution in [0.5, 0.6) is 0 Å². The lowest BCUT2D eigenvalue weighted by molar-refractivity contribution is -0.122. The zero-order valence-electron chi connectivity index (χ0n) is 16.5. The Kier molecular flexibility index (Phi) is 6.84. The van der Waals surface area contributed by atoms with Crippen LogP contribution in [0, 0.1) is 0 Å². The smallest absolute Gasteiger partial charge is 0.251 e. The molecule has 0 radical (unpaired) electrons. The third-order valence-electron chi connectivity index (χ3n) is 4.73. The average Bonchev–Trinajstić information content (AvgIpc) is 2.73. The van der Waals surface area contributed by atoms with Gasteiger partial charge in [0.05, 0.1) is 6.54 Å². The van der Waals surface area contributed by atoms with Crippen molar-refractivity contribution in [3.8, 4) is 0 Å². The van der Waals surface area contributed by atoms with Crippen molar-refractivity contribution in [3.05, 3.63) is 65.7 Å². The summed E-state index contributed by atoms with van der Waals surface area (Å²) in [6, 6.07) is 16.5. The van der Waals surface area contributed by atoms with E-state index in [1.165, 1.54) is 0 Å². The maximum Gasteiger partial charge on any atom is 0.251 e. The Hall–Kier alpha value is -3.35. The quantitative estimate of drug-likeness (QED) is 0.663. The molecule has 0 aliphatic carbocycles. The second-order valence-electron chi connectivity index (χ2n) is 7.16. The molecule has 29 heavy (non-hydrogen) atoms. The molecule has 3 rings (SSSR count). The molecule has 1 atom stereocenters. The van der Waals surface area contributed by atoms with E-state index in [2.05, 4.69) is 16.0 Å². The second kappa shape index (κ2) is 9.73. The normalized spacial score (nSPS) is 14.7. The molecule has 1 heterocycles. The van der Waals surface area contributed by atoms with Crippen LogP contribution < -0.4 is 20.9 Å². The molecule has 2 aromatic rings. The first-order valence-electron chi connectivity index (χ1n) is 9.74. The highest BCUT2D eigenvalue weighted by molar-refractivity contribution is 5.94. The van der Waals surface area contributed by atoms with Crippen molar-refractivity contribution in [2.75, 3.05) is 24.5 Å². The van der Waals surface area contributed by atoms with Crippen molar-refractivity contribution in [3.63, 3.8) is 0 Å². The third kappa shape index (κ3) is 6.07. The summed E-state index contributed by atoms with van der Waals surface area (Å²) in [5, 5.41) is 8.52. The Bertz CT molecular complexity index is 852. The van der Waals surface area contributed by atoms with Gasteiger partial charge in [-0.3, -0.25) is 14.4 Å². The maximum atomic E-state index is 12.2. The molecular formula is C22H26N4O3. The maximum absolute atomic E-state index is 12.2. The molecule has 1 aliphatic heterocycles. The molecule has 1 fully saturated rings. The number of nitrogens with one attached hydrogen (secondary N) is 3. The van der Waals surface area contributed by atoms with E-state index < -0.39 is 0 Å². The fourth-order valence-electron chi connectivity index (χ4n) is 3.18. The molecule has 7 heteroatoms. The molecule has 0 saturated carbocycles. The number of hydrogen-bond donors (Lipinski definition) is 3. The Morgan fingerprint density at radius 2 is 1.83 bits per heavy atom. The molecule has 0 spiro atoms. The van der Waals surface area contributed by atoms with E-state index >= 15 is 0 Å². The van der Waals surface area contributed by atoms with Crippen molar-refractivity contribution in [2.45, 2.75) is 25.9 Å². The number of piperazine rings is 1. The summed E-state index contributed by atoms with van der Waals surface area (Å²) in [6.07, 6.45) is 0.208. The molecule has 7 nitrogen and oxygen atoms in total.